The Hall–Kier alpha value is -5.07. The number of nitrogens with zero attached hydrogens (tertiary/aromatic N) is 5. The predicted octanol–water partition coefficient (Wildman–Crippen LogP) is 8.31. The fraction of sp³-hybridized carbons (Fsp3) is 0. The van der Waals surface area contributed by atoms with Gasteiger partial charge in [-0.2, -0.15) is 0 Å². The van der Waals surface area contributed by atoms with E-state index in [0.717, 1.165) is 50.3 Å². The Morgan fingerprint density at radius 1 is 0.590 bits per heavy atom. The van der Waals surface area contributed by atoms with E-state index in [2.05, 4.69) is 97.3 Å². The van der Waals surface area contributed by atoms with Gasteiger partial charge in [-0.25, -0.2) is 9.97 Å². The monoisotopic (exact) mass is 519 g/mol. The molecule has 0 aliphatic heterocycles. The van der Waals surface area contributed by atoms with Crippen molar-refractivity contribution in [2.75, 3.05) is 0 Å². The number of para-hydroxylation sites is 1. The smallest absolute Gasteiger partial charge is 0.147 e. The first-order chi connectivity index (χ1) is 19.4. The third-order valence-electron chi connectivity index (χ3n) is 7.21. The standard InChI is InChI=1S/C33H21N5S/c1-2-7-26-25(6-1)31-27(37(26)24-12-10-22(11-13-24)29-8-5-21-39-29)14-15-28-32(31)36-33(23-16-19-34-20-17-23)38(28)30-9-3-4-18-35-30/h1-21H. The van der Waals surface area contributed by atoms with Crippen LogP contribution in [0.5, 0.6) is 0 Å². The lowest BCUT2D eigenvalue weighted by Crippen LogP contribution is -1.99. The first-order valence-electron chi connectivity index (χ1n) is 12.8. The molecule has 0 unspecified atom stereocenters. The second kappa shape index (κ2) is 8.75. The first-order valence-corrected chi connectivity index (χ1v) is 13.7. The molecule has 0 saturated carbocycles. The van der Waals surface area contributed by atoms with Crippen molar-refractivity contribution in [1.82, 2.24) is 24.1 Å². The minimum absolute atomic E-state index is 0.832. The van der Waals surface area contributed by atoms with Gasteiger partial charge in [0, 0.05) is 45.5 Å². The van der Waals surface area contributed by atoms with E-state index in [1.54, 1.807) is 23.7 Å². The Morgan fingerprint density at radius 3 is 2.21 bits per heavy atom. The molecule has 0 spiro atoms. The van der Waals surface area contributed by atoms with Crippen LogP contribution >= 0.6 is 11.3 Å². The van der Waals surface area contributed by atoms with Crippen molar-refractivity contribution in [1.29, 1.82) is 0 Å². The maximum absolute atomic E-state index is 5.28. The number of rotatable bonds is 4. The minimum atomic E-state index is 0.832. The van der Waals surface area contributed by atoms with Crippen molar-refractivity contribution in [3.05, 3.63) is 127 Å². The van der Waals surface area contributed by atoms with E-state index in [9.17, 15) is 0 Å². The summed E-state index contributed by atoms with van der Waals surface area (Å²) in [6.07, 6.45) is 5.43. The Balaban J connectivity index is 1.44. The molecule has 0 saturated heterocycles. The highest BCUT2D eigenvalue weighted by Gasteiger charge is 2.21. The molecule has 5 nitrogen and oxygen atoms in total. The quantitative estimate of drug-likeness (QED) is 0.235. The number of fused-ring (bicyclic) bond motifs is 5. The van der Waals surface area contributed by atoms with Gasteiger partial charge in [-0.1, -0.05) is 42.5 Å². The SMILES string of the molecule is c1ccc(-n2c(-c3ccncc3)nc3c4c5ccccc5n(-c5ccc(-c6cccs6)cc5)c4ccc32)nc1. The van der Waals surface area contributed by atoms with Gasteiger partial charge >= 0.3 is 0 Å². The van der Waals surface area contributed by atoms with Crippen LogP contribution in [0.4, 0.5) is 0 Å². The molecule has 184 valence electrons. The van der Waals surface area contributed by atoms with Gasteiger partial charge in [0.25, 0.3) is 0 Å². The predicted molar refractivity (Wildman–Crippen MR) is 160 cm³/mol. The molecule has 0 bridgehead atoms. The molecule has 0 aliphatic rings. The zero-order valence-corrected chi connectivity index (χ0v) is 21.6. The molecule has 3 aromatic carbocycles. The van der Waals surface area contributed by atoms with Crippen molar-refractivity contribution in [3.8, 4) is 33.3 Å². The van der Waals surface area contributed by atoms with E-state index in [0.29, 0.717) is 0 Å². The lowest BCUT2D eigenvalue weighted by Gasteiger charge is -2.09. The molecular formula is C33H21N5S. The number of hydrogen-bond donors (Lipinski definition) is 0. The van der Waals surface area contributed by atoms with Crippen molar-refractivity contribution in [2.45, 2.75) is 0 Å². The van der Waals surface area contributed by atoms with Gasteiger partial charge in [0.05, 0.1) is 22.1 Å². The van der Waals surface area contributed by atoms with E-state index < -0.39 is 0 Å². The van der Waals surface area contributed by atoms with Gasteiger partial charge < -0.3 is 4.57 Å². The number of benzene rings is 3. The van der Waals surface area contributed by atoms with Crippen LogP contribution in [-0.4, -0.2) is 24.1 Å². The number of aromatic nitrogens is 5. The summed E-state index contributed by atoms with van der Waals surface area (Å²) in [4.78, 5) is 15.5. The minimum Gasteiger partial charge on any atom is -0.309 e. The highest BCUT2D eigenvalue weighted by atomic mass is 32.1. The summed E-state index contributed by atoms with van der Waals surface area (Å²) < 4.78 is 4.49. The number of pyridine rings is 2. The normalized spacial score (nSPS) is 11.6. The van der Waals surface area contributed by atoms with Crippen molar-refractivity contribution < 1.29 is 0 Å². The van der Waals surface area contributed by atoms with Crippen LogP contribution in [0.15, 0.2) is 127 Å². The van der Waals surface area contributed by atoms with E-state index in [-0.39, 0.29) is 0 Å². The molecule has 6 heteroatoms. The van der Waals surface area contributed by atoms with Gasteiger partial charge in [-0.3, -0.25) is 9.55 Å². The van der Waals surface area contributed by atoms with Gasteiger partial charge in [-0.15, -0.1) is 11.3 Å². The third-order valence-corrected chi connectivity index (χ3v) is 8.13. The molecule has 8 aromatic rings. The van der Waals surface area contributed by atoms with Crippen molar-refractivity contribution >= 4 is 44.2 Å². The first kappa shape index (κ1) is 22.0. The summed E-state index contributed by atoms with van der Waals surface area (Å²) in [6, 6.07) is 36.0. The van der Waals surface area contributed by atoms with E-state index >= 15 is 0 Å². The summed E-state index contributed by atoms with van der Waals surface area (Å²) in [6.45, 7) is 0. The van der Waals surface area contributed by atoms with Crippen LogP contribution in [0.1, 0.15) is 0 Å². The number of imidazole rings is 1. The van der Waals surface area contributed by atoms with E-state index in [1.807, 2.05) is 36.5 Å². The van der Waals surface area contributed by atoms with Crippen molar-refractivity contribution in [2.24, 2.45) is 0 Å². The van der Waals surface area contributed by atoms with E-state index in [4.69, 9.17) is 4.98 Å². The summed E-state index contributed by atoms with van der Waals surface area (Å²) in [5.41, 5.74) is 7.60. The largest absolute Gasteiger partial charge is 0.309 e. The average Bonchev–Trinajstić information content (AvgIpc) is 3.74. The molecule has 5 aromatic heterocycles. The zero-order valence-electron chi connectivity index (χ0n) is 20.8. The van der Waals surface area contributed by atoms with Crippen LogP contribution in [0, 0.1) is 0 Å². The maximum atomic E-state index is 5.28. The second-order valence-electron chi connectivity index (χ2n) is 9.40. The van der Waals surface area contributed by atoms with Crippen LogP contribution in [-0.2, 0) is 0 Å². The van der Waals surface area contributed by atoms with Crippen LogP contribution in [0.3, 0.4) is 0 Å². The Bertz CT molecular complexity index is 2090. The summed E-state index contributed by atoms with van der Waals surface area (Å²) in [5, 5.41) is 4.42. The Labute approximate surface area is 228 Å². The lowest BCUT2D eigenvalue weighted by molar-refractivity contribution is 1.03. The summed E-state index contributed by atoms with van der Waals surface area (Å²) in [7, 11) is 0. The molecule has 39 heavy (non-hydrogen) atoms. The molecule has 0 radical (unpaired) electrons. The summed E-state index contributed by atoms with van der Waals surface area (Å²) >= 11 is 1.76. The van der Waals surface area contributed by atoms with Gasteiger partial charge in [0.1, 0.15) is 11.6 Å². The zero-order chi connectivity index (χ0) is 25.8. The number of thiophene rings is 1. The Kier molecular flexibility index (Phi) is 4.93. The highest BCUT2D eigenvalue weighted by molar-refractivity contribution is 7.13. The van der Waals surface area contributed by atoms with Crippen LogP contribution in [0.25, 0.3) is 66.2 Å². The van der Waals surface area contributed by atoms with E-state index in [1.165, 1.54) is 15.8 Å². The molecule has 5 heterocycles. The molecule has 0 fully saturated rings. The lowest BCUT2D eigenvalue weighted by atomic mass is 10.1. The molecule has 0 atom stereocenters. The van der Waals surface area contributed by atoms with Crippen LogP contribution < -0.4 is 0 Å². The Morgan fingerprint density at radius 2 is 1.41 bits per heavy atom. The van der Waals surface area contributed by atoms with Crippen LogP contribution in [0.2, 0.25) is 0 Å². The molecule has 0 amide bonds. The topological polar surface area (TPSA) is 48.5 Å². The fourth-order valence-electron chi connectivity index (χ4n) is 5.50. The third kappa shape index (κ3) is 3.42. The second-order valence-corrected chi connectivity index (χ2v) is 10.3. The fourth-order valence-corrected chi connectivity index (χ4v) is 6.24. The molecule has 8 rings (SSSR count). The number of hydrogen-bond acceptors (Lipinski definition) is 4. The van der Waals surface area contributed by atoms with Gasteiger partial charge in [0.15, 0.2) is 0 Å². The maximum Gasteiger partial charge on any atom is 0.147 e. The molecule has 0 aliphatic carbocycles. The molecule has 0 N–H and O–H groups in total. The summed E-state index contributed by atoms with van der Waals surface area (Å²) in [5.74, 6) is 1.68. The average molecular weight is 520 g/mol. The highest BCUT2D eigenvalue weighted by Crippen LogP contribution is 2.39. The van der Waals surface area contributed by atoms with Gasteiger partial charge in [0.2, 0.25) is 0 Å². The van der Waals surface area contributed by atoms with Crippen molar-refractivity contribution in [3.63, 3.8) is 0 Å². The van der Waals surface area contributed by atoms with Gasteiger partial charge in [-0.05, 0) is 71.6 Å². The molecular weight excluding hydrogens is 498 g/mol.